The van der Waals surface area contributed by atoms with Crippen molar-refractivity contribution in [1.82, 2.24) is 20.1 Å². The van der Waals surface area contributed by atoms with E-state index in [0.29, 0.717) is 11.5 Å². The summed E-state index contributed by atoms with van der Waals surface area (Å²) in [6.45, 7) is 3.93. The van der Waals surface area contributed by atoms with Crippen LogP contribution >= 0.6 is 0 Å². The normalized spacial score (nSPS) is 30.5. The maximum atomic E-state index is 9.96. The Bertz CT molecular complexity index is 450. The van der Waals surface area contributed by atoms with Crippen molar-refractivity contribution in [3.8, 4) is 0 Å². The summed E-state index contributed by atoms with van der Waals surface area (Å²) in [6.07, 6.45) is -2.07. The van der Waals surface area contributed by atoms with E-state index in [1.165, 1.54) is 18.1 Å². The van der Waals surface area contributed by atoms with Gasteiger partial charge in [-0.15, -0.1) is 5.10 Å². The molecule has 1 aromatic heterocycles. The van der Waals surface area contributed by atoms with Crippen molar-refractivity contribution in [3.05, 3.63) is 18.7 Å². The Morgan fingerprint density at radius 3 is 2.95 bits per heavy atom. The Morgan fingerprint density at radius 2 is 2.32 bits per heavy atom. The number of ether oxygens (including phenoxy) is 2. The highest BCUT2D eigenvalue weighted by molar-refractivity contribution is 5.53. The predicted molar refractivity (Wildman–Crippen MR) is 65.9 cm³/mol. The molecule has 0 spiro atoms. The van der Waals surface area contributed by atoms with Crippen LogP contribution in [-0.2, 0) is 9.47 Å². The molecule has 106 valence electrons. The van der Waals surface area contributed by atoms with Crippen LogP contribution in [0.15, 0.2) is 12.9 Å². The Balaban J connectivity index is 2.14. The lowest BCUT2D eigenvalue weighted by Gasteiger charge is -2.14. The summed E-state index contributed by atoms with van der Waals surface area (Å²) >= 11 is 0. The Kier molecular flexibility index (Phi) is 4.15. The van der Waals surface area contributed by atoms with Gasteiger partial charge in [0.25, 0.3) is 0 Å². The number of methoxy groups -OCH3 is 1. The number of aliphatic hydroxyl groups excluding tert-OH is 2. The van der Waals surface area contributed by atoms with Crippen molar-refractivity contribution < 1.29 is 19.7 Å². The lowest BCUT2D eigenvalue weighted by atomic mass is 10.1. The molecule has 0 bridgehead atoms. The zero-order chi connectivity index (χ0) is 14.0. The van der Waals surface area contributed by atoms with Gasteiger partial charge in [0.1, 0.15) is 24.6 Å². The fourth-order valence-corrected chi connectivity index (χ4v) is 1.90. The van der Waals surface area contributed by atoms with Gasteiger partial charge in [-0.3, -0.25) is 0 Å². The third-order valence-corrected chi connectivity index (χ3v) is 3.01. The molecule has 1 aliphatic rings. The smallest absolute Gasteiger partial charge is 0.196 e. The molecule has 0 radical (unpaired) electrons. The van der Waals surface area contributed by atoms with Crippen molar-refractivity contribution >= 4 is 5.70 Å². The summed E-state index contributed by atoms with van der Waals surface area (Å²) in [7, 11) is 3.21. The minimum atomic E-state index is -1.09. The molecule has 8 heteroatoms. The summed E-state index contributed by atoms with van der Waals surface area (Å²) in [5.74, 6) is 0.406. The summed E-state index contributed by atoms with van der Waals surface area (Å²) in [4.78, 5) is 4.05. The number of rotatable bonds is 5. The molecule has 1 aromatic rings. The fourth-order valence-electron chi connectivity index (χ4n) is 1.90. The van der Waals surface area contributed by atoms with Crippen molar-refractivity contribution in [2.24, 2.45) is 0 Å². The lowest BCUT2D eigenvalue weighted by Crippen LogP contribution is -2.33. The first kappa shape index (κ1) is 13.9. The van der Waals surface area contributed by atoms with Crippen LogP contribution < -0.4 is 5.32 Å². The van der Waals surface area contributed by atoms with E-state index in [0.717, 1.165) is 0 Å². The molecule has 1 saturated heterocycles. The predicted octanol–water partition coefficient (Wildman–Crippen LogP) is -1.27. The Labute approximate surface area is 110 Å². The van der Waals surface area contributed by atoms with Crippen LogP contribution in [0.25, 0.3) is 5.70 Å². The van der Waals surface area contributed by atoms with Gasteiger partial charge in [-0.2, -0.15) is 0 Å². The van der Waals surface area contributed by atoms with Crippen LogP contribution in [-0.4, -0.2) is 64.1 Å². The minimum absolute atomic E-state index is 0.194. The summed E-state index contributed by atoms with van der Waals surface area (Å²) in [5, 5.41) is 26.8. The molecule has 1 aliphatic heterocycles. The van der Waals surface area contributed by atoms with Crippen molar-refractivity contribution in [1.29, 1.82) is 0 Å². The maximum absolute atomic E-state index is 9.96. The van der Waals surface area contributed by atoms with Gasteiger partial charge in [0.15, 0.2) is 12.1 Å². The molecule has 0 aliphatic carbocycles. The molecule has 0 aromatic carbocycles. The molecule has 0 unspecified atom stereocenters. The van der Waals surface area contributed by atoms with Gasteiger partial charge < -0.3 is 25.0 Å². The highest BCUT2D eigenvalue weighted by Crippen LogP contribution is 2.28. The van der Waals surface area contributed by atoms with E-state index < -0.39 is 24.5 Å². The van der Waals surface area contributed by atoms with Crippen molar-refractivity contribution in [3.63, 3.8) is 0 Å². The van der Waals surface area contributed by atoms with Gasteiger partial charge in [-0.1, -0.05) is 6.58 Å². The number of nitrogens with zero attached hydrogens (tertiary/aromatic N) is 3. The van der Waals surface area contributed by atoms with Crippen LogP contribution in [0.5, 0.6) is 0 Å². The maximum Gasteiger partial charge on any atom is 0.196 e. The van der Waals surface area contributed by atoms with Crippen LogP contribution in [0.1, 0.15) is 12.1 Å². The number of aliphatic hydroxyl groups is 2. The standard InChI is InChI=1S/C11H18N4O4/c1-6(12-2)10-13-5-15(14-10)11-9(17)8(16)7(19-11)4-18-3/h5,7-9,11-12,16-17H,1,4H2,2-3H3/t7-,8-,9-,11-/m1/s1. The van der Waals surface area contributed by atoms with Gasteiger partial charge in [0.05, 0.1) is 12.3 Å². The number of aromatic nitrogens is 3. The van der Waals surface area contributed by atoms with E-state index in [9.17, 15) is 10.2 Å². The number of nitrogens with one attached hydrogen (secondary N) is 1. The molecule has 4 atom stereocenters. The molecule has 1 fully saturated rings. The van der Waals surface area contributed by atoms with Crippen LogP contribution in [0, 0.1) is 0 Å². The van der Waals surface area contributed by atoms with E-state index >= 15 is 0 Å². The summed E-state index contributed by atoms with van der Waals surface area (Å²) in [5.41, 5.74) is 0.556. The molecular weight excluding hydrogens is 252 g/mol. The average molecular weight is 270 g/mol. The van der Waals surface area contributed by atoms with Gasteiger partial charge in [0, 0.05) is 14.2 Å². The monoisotopic (exact) mass is 270 g/mol. The average Bonchev–Trinajstić information content (AvgIpc) is 2.99. The molecule has 2 rings (SSSR count). The van der Waals surface area contributed by atoms with Gasteiger partial charge in [-0.25, -0.2) is 9.67 Å². The Morgan fingerprint density at radius 1 is 1.58 bits per heavy atom. The molecule has 2 heterocycles. The first-order valence-corrected chi connectivity index (χ1v) is 5.87. The topological polar surface area (TPSA) is 102 Å². The van der Waals surface area contributed by atoms with Crippen molar-refractivity contribution in [2.75, 3.05) is 20.8 Å². The first-order valence-electron chi connectivity index (χ1n) is 5.87. The van der Waals surface area contributed by atoms with E-state index in [2.05, 4.69) is 22.0 Å². The minimum Gasteiger partial charge on any atom is -0.387 e. The summed E-state index contributed by atoms with van der Waals surface area (Å²) < 4.78 is 11.8. The second-order valence-electron chi connectivity index (χ2n) is 4.28. The van der Waals surface area contributed by atoms with E-state index in [-0.39, 0.29) is 6.61 Å². The second-order valence-corrected chi connectivity index (χ2v) is 4.28. The first-order chi connectivity index (χ1) is 9.08. The van der Waals surface area contributed by atoms with Crippen LogP contribution in [0.3, 0.4) is 0 Å². The van der Waals surface area contributed by atoms with Gasteiger partial charge in [-0.05, 0) is 0 Å². The Hall–Kier alpha value is -1.48. The molecule has 0 saturated carbocycles. The molecule has 19 heavy (non-hydrogen) atoms. The zero-order valence-electron chi connectivity index (χ0n) is 10.9. The highest BCUT2D eigenvalue weighted by atomic mass is 16.6. The van der Waals surface area contributed by atoms with E-state index in [4.69, 9.17) is 9.47 Å². The number of hydrogen-bond donors (Lipinski definition) is 3. The largest absolute Gasteiger partial charge is 0.387 e. The highest BCUT2D eigenvalue weighted by Gasteiger charge is 2.44. The third kappa shape index (κ3) is 2.61. The van der Waals surface area contributed by atoms with Gasteiger partial charge >= 0.3 is 0 Å². The van der Waals surface area contributed by atoms with Crippen LogP contribution in [0.2, 0.25) is 0 Å². The lowest BCUT2D eigenvalue weighted by molar-refractivity contribution is -0.0648. The third-order valence-electron chi connectivity index (χ3n) is 3.01. The van der Waals surface area contributed by atoms with Crippen molar-refractivity contribution in [2.45, 2.75) is 24.5 Å². The van der Waals surface area contributed by atoms with E-state index in [1.807, 2.05) is 0 Å². The SMILES string of the molecule is C=C(NC)c1ncn([C@@H]2O[C@H](COC)[C@@H](O)[C@H]2O)n1. The quantitative estimate of drug-likeness (QED) is 0.613. The van der Waals surface area contributed by atoms with E-state index in [1.54, 1.807) is 7.05 Å². The molecule has 3 N–H and O–H groups in total. The zero-order valence-corrected chi connectivity index (χ0v) is 10.9. The second kappa shape index (κ2) is 5.66. The molecule has 8 nitrogen and oxygen atoms in total. The van der Waals surface area contributed by atoms with Crippen LogP contribution in [0.4, 0.5) is 0 Å². The van der Waals surface area contributed by atoms with Gasteiger partial charge in [0.2, 0.25) is 0 Å². The number of hydrogen-bond acceptors (Lipinski definition) is 7. The molecule has 0 amide bonds. The summed E-state index contributed by atoms with van der Waals surface area (Å²) in [6, 6.07) is 0. The molecular formula is C11H18N4O4. The fraction of sp³-hybridized carbons (Fsp3) is 0.636.